The van der Waals surface area contributed by atoms with Crippen molar-refractivity contribution in [2.24, 2.45) is 0 Å². The third-order valence-electron chi connectivity index (χ3n) is 3.29. The van der Waals surface area contributed by atoms with Crippen molar-refractivity contribution in [2.75, 3.05) is 30.3 Å². The van der Waals surface area contributed by atoms with Gasteiger partial charge in [-0.15, -0.1) is 0 Å². The van der Waals surface area contributed by atoms with Crippen molar-refractivity contribution in [1.29, 1.82) is 0 Å². The molecule has 0 spiro atoms. The van der Waals surface area contributed by atoms with E-state index < -0.39 is 28.3 Å². The van der Waals surface area contributed by atoms with Crippen molar-refractivity contribution < 1.29 is 22.3 Å². The lowest BCUT2D eigenvalue weighted by Crippen LogP contribution is -2.41. The zero-order valence-electron chi connectivity index (χ0n) is 14.0. The fraction of sp³-hybridized carbons (Fsp3) is 0.235. The first-order chi connectivity index (χ1) is 12.3. The number of hydrogen-bond donors (Lipinski definition) is 1. The minimum absolute atomic E-state index is 0.0834. The lowest BCUT2D eigenvalue weighted by Gasteiger charge is -2.21. The van der Waals surface area contributed by atoms with Crippen LogP contribution in [-0.2, 0) is 14.8 Å². The summed E-state index contributed by atoms with van der Waals surface area (Å²) in [5.74, 6) is -0.520. The van der Waals surface area contributed by atoms with Gasteiger partial charge in [-0.1, -0.05) is 17.7 Å². The van der Waals surface area contributed by atoms with Gasteiger partial charge in [0.2, 0.25) is 15.9 Å². The Labute approximate surface area is 156 Å². The van der Waals surface area contributed by atoms with Gasteiger partial charge in [-0.05, 0) is 42.5 Å². The van der Waals surface area contributed by atoms with Crippen LogP contribution in [0.1, 0.15) is 0 Å². The molecule has 26 heavy (non-hydrogen) atoms. The van der Waals surface area contributed by atoms with Gasteiger partial charge in [-0.3, -0.25) is 9.10 Å². The average Bonchev–Trinajstić information content (AvgIpc) is 2.57. The van der Waals surface area contributed by atoms with Crippen molar-refractivity contribution in [2.45, 2.75) is 0 Å². The number of benzene rings is 2. The van der Waals surface area contributed by atoms with Crippen molar-refractivity contribution in [3.8, 4) is 5.75 Å². The van der Waals surface area contributed by atoms with Gasteiger partial charge in [-0.25, -0.2) is 12.8 Å². The number of carbonyl (C=O) groups is 1. The Morgan fingerprint density at radius 1 is 1.23 bits per heavy atom. The Kier molecular flexibility index (Phi) is 6.82. The molecule has 2 rings (SSSR count). The molecule has 9 heteroatoms. The minimum Gasteiger partial charge on any atom is -0.492 e. The van der Waals surface area contributed by atoms with E-state index >= 15 is 0 Å². The van der Waals surface area contributed by atoms with Crippen LogP contribution in [0.4, 0.5) is 10.1 Å². The molecular formula is C17H18ClFN2O4S. The highest BCUT2D eigenvalue weighted by molar-refractivity contribution is 7.92. The second kappa shape index (κ2) is 8.86. The summed E-state index contributed by atoms with van der Waals surface area (Å²) in [5.41, 5.74) is 0.0834. The standard InChI is InChI=1S/C17H18ClFN2O4S/c1-26(23,24)21(15-4-2-3-14(19)11-15)12-17(22)20-9-10-25-16-7-5-13(18)6-8-16/h2-8,11H,9-10,12H2,1H3,(H,20,22). The molecule has 0 aliphatic carbocycles. The summed E-state index contributed by atoms with van der Waals surface area (Å²) in [7, 11) is -3.75. The number of halogens is 2. The molecular weight excluding hydrogens is 383 g/mol. The number of carbonyl (C=O) groups excluding carboxylic acids is 1. The SMILES string of the molecule is CS(=O)(=O)N(CC(=O)NCCOc1ccc(Cl)cc1)c1cccc(F)c1. The normalized spacial score (nSPS) is 11.0. The first kappa shape index (κ1) is 20.0. The minimum atomic E-state index is -3.75. The van der Waals surface area contributed by atoms with Crippen LogP contribution in [0.3, 0.4) is 0 Å². The van der Waals surface area contributed by atoms with Crippen molar-refractivity contribution in [3.63, 3.8) is 0 Å². The van der Waals surface area contributed by atoms with Crippen LogP contribution in [0.5, 0.6) is 5.75 Å². The number of hydrogen-bond acceptors (Lipinski definition) is 4. The fourth-order valence-electron chi connectivity index (χ4n) is 2.11. The van der Waals surface area contributed by atoms with Gasteiger partial charge in [0.25, 0.3) is 0 Å². The van der Waals surface area contributed by atoms with Crippen molar-refractivity contribution in [1.82, 2.24) is 5.32 Å². The Morgan fingerprint density at radius 2 is 1.92 bits per heavy atom. The molecule has 0 heterocycles. The molecule has 0 fully saturated rings. The first-order valence-electron chi connectivity index (χ1n) is 7.64. The van der Waals surface area contributed by atoms with Gasteiger partial charge in [0, 0.05) is 5.02 Å². The Hall–Kier alpha value is -2.32. The molecule has 1 N–H and O–H groups in total. The monoisotopic (exact) mass is 400 g/mol. The zero-order chi connectivity index (χ0) is 19.2. The predicted molar refractivity (Wildman–Crippen MR) is 98.5 cm³/mol. The maximum absolute atomic E-state index is 13.3. The van der Waals surface area contributed by atoms with Crippen LogP contribution in [0.15, 0.2) is 48.5 Å². The van der Waals surface area contributed by atoms with Crippen LogP contribution in [0.2, 0.25) is 5.02 Å². The molecule has 0 saturated carbocycles. The van der Waals surface area contributed by atoms with E-state index in [4.69, 9.17) is 16.3 Å². The second-order valence-corrected chi connectivity index (χ2v) is 7.75. The van der Waals surface area contributed by atoms with Crippen LogP contribution in [-0.4, -0.2) is 40.3 Å². The molecule has 0 saturated heterocycles. The van der Waals surface area contributed by atoms with Crippen molar-refractivity contribution >= 4 is 33.2 Å². The summed E-state index contributed by atoms with van der Waals surface area (Å²) >= 11 is 5.77. The van der Waals surface area contributed by atoms with Crippen LogP contribution < -0.4 is 14.4 Å². The summed E-state index contributed by atoms with van der Waals surface area (Å²) < 4.78 is 43.4. The fourth-order valence-corrected chi connectivity index (χ4v) is 3.08. The van der Waals surface area contributed by atoms with E-state index in [2.05, 4.69) is 5.32 Å². The van der Waals surface area contributed by atoms with E-state index in [1.807, 2.05) is 0 Å². The molecule has 0 aromatic heterocycles. The van der Waals surface area contributed by atoms with E-state index in [0.717, 1.165) is 16.6 Å². The molecule has 1 amide bonds. The number of nitrogens with one attached hydrogen (secondary N) is 1. The number of anilines is 1. The lowest BCUT2D eigenvalue weighted by molar-refractivity contribution is -0.119. The van der Waals surface area contributed by atoms with Gasteiger partial charge in [-0.2, -0.15) is 0 Å². The molecule has 0 bridgehead atoms. The number of sulfonamides is 1. The number of nitrogens with zero attached hydrogens (tertiary/aromatic N) is 1. The Balaban J connectivity index is 1.88. The average molecular weight is 401 g/mol. The third kappa shape index (κ3) is 6.20. The van der Waals surface area contributed by atoms with E-state index in [9.17, 15) is 17.6 Å². The van der Waals surface area contributed by atoms with Crippen LogP contribution in [0, 0.1) is 5.82 Å². The molecule has 0 aliphatic rings. The zero-order valence-corrected chi connectivity index (χ0v) is 15.6. The largest absolute Gasteiger partial charge is 0.492 e. The molecule has 0 aliphatic heterocycles. The number of rotatable bonds is 8. The Bertz CT molecular complexity index is 859. The summed E-state index contributed by atoms with van der Waals surface area (Å²) in [4.78, 5) is 12.0. The Morgan fingerprint density at radius 3 is 2.54 bits per heavy atom. The van der Waals surface area contributed by atoms with E-state index in [-0.39, 0.29) is 18.8 Å². The van der Waals surface area contributed by atoms with Gasteiger partial charge in [0.15, 0.2) is 0 Å². The topological polar surface area (TPSA) is 75.7 Å². The lowest BCUT2D eigenvalue weighted by atomic mass is 10.3. The van der Waals surface area contributed by atoms with Gasteiger partial charge in [0.05, 0.1) is 18.5 Å². The number of ether oxygens (including phenoxy) is 1. The quantitative estimate of drug-likeness (QED) is 0.690. The summed E-state index contributed by atoms with van der Waals surface area (Å²) in [5, 5.41) is 3.15. The van der Waals surface area contributed by atoms with Gasteiger partial charge >= 0.3 is 0 Å². The van der Waals surface area contributed by atoms with Crippen LogP contribution >= 0.6 is 11.6 Å². The third-order valence-corrected chi connectivity index (χ3v) is 4.68. The summed E-state index contributed by atoms with van der Waals surface area (Å²) in [6, 6.07) is 11.8. The highest BCUT2D eigenvalue weighted by Crippen LogP contribution is 2.18. The summed E-state index contributed by atoms with van der Waals surface area (Å²) in [6.07, 6.45) is 0.953. The van der Waals surface area contributed by atoms with E-state index in [0.29, 0.717) is 10.8 Å². The molecule has 2 aromatic rings. The maximum Gasteiger partial charge on any atom is 0.240 e. The molecule has 140 valence electrons. The van der Waals surface area contributed by atoms with Crippen molar-refractivity contribution in [3.05, 3.63) is 59.4 Å². The molecule has 0 radical (unpaired) electrons. The highest BCUT2D eigenvalue weighted by Gasteiger charge is 2.21. The maximum atomic E-state index is 13.3. The number of amides is 1. The van der Waals surface area contributed by atoms with E-state index in [1.54, 1.807) is 24.3 Å². The smallest absolute Gasteiger partial charge is 0.240 e. The van der Waals surface area contributed by atoms with Gasteiger partial charge in [0.1, 0.15) is 24.7 Å². The first-order valence-corrected chi connectivity index (χ1v) is 9.86. The van der Waals surface area contributed by atoms with Crippen LogP contribution in [0.25, 0.3) is 0 Å². The molecule has 0 atom stereocenters. The second-order valence-electron chi connectivity index (χ2n) is 5.40. The van der Waals surface area contributed by atoms with Gasteiger partial charge < -0.3 is 10.1 Å². The highest BCUT2D eigenvalue weighted by atomic mass is 35.5. The molecule has 0 unspecified atom stereocenters. The summed E-state index contributed by atoms with van der Waals surface area (Å²) in [6.45, 7) is -0.0718. The predicted octanol–water partition coefficient (Wildman–Crippen LogP) is 2.44. The molecule has 2 aromatic carbocycles. The molecule has 6 nitrogen and oxygen atoms in total. The van der Waals surface area contributed by atoms with E-state index in [1.165, 1.54) is 18.2 Å².